The van der Waals surface area contributed by atoms with Crippen molar-refractivity contribution in [3.05, 3.63) is 28.5 Å². The van der Waals surface area contributed by atoms with Crippen molar-refractivity contribution in [3.8, 4) is 0 Å². The number of hydrogen-bond acceptors (Lipinski definition) is 2. The SMILES string of the molecule is COC(=O)[si]1ccc(C(C)C)cc1C(C)C. The zero-order chi connectivity index (χ0) is 12.3. The maximum atomic E-state index is 11.7. The van der Waals surface area contributed by atoms with Crippen molar-refractivity contribution in [1.29, 1.82) is 0 Å². The van der Waals surface area contributed by atoms with E-state index >= 15 is 0 Å². The molecule has 0 aliphatic rings. The molecule has 3 heteroatoms. The van der Waals surface area contributed by atoms with Crippen LogP contribution in [0.25, 0.3) is 0 Å². The highest BCUT2D eigenvalue weighted by atomic mass is 28.2. The van der Waals surface area contributed by atoms with Crippen molar-refractivity contribution in [2.24, 2.45) is 0 Å². The van der Waals surface area contributed by atoms with E-state index in [-0.39, 0.29) is 5.59 Å². The number of carbonyl (C=O) groups excluding carboxylic acids is 1. The summed E-state index contributed by atoms with van der Waals surface area (Å²) in [6.45, 7) is 8.61. The molecule has 2 nitrogen and oxygen atoms in total. The van der Waals surface area contributed by atoms with E-state index in [0.29, 0.717) is 11.8 Å². The molecule has 16 heavy (non-hydrogen) atoms. The van der Waals surface area contributed by atoms with E-state index in [0.717, 1.165) is 0 Å². The molecule has 0 saturated heterocycles. The van der Waals surface area contributed by atoms with Gasteiger partial charge in [-0.1, -0.05) is 50.7 Å². The van der Waals surface area contributed by atoms with Crippen LogP contribution in [0.3, 0.4) is 0 Å². The molecule has 0 radical (unpaired) electrons. The third-order valence-corrected chi connectivity index (χ3v) is 5.26. The molecule has 1 rings (SSSR count). The molecule has 0 bridgehead atoms. The zero-order valence-electron chi connectivity index (χ0n) is 10.7. The lowest BCUT2D eigenvalue weighted by molar-refractivity contribution is 0.197. The Morgan fingerprint density at radius 1 is 1.25 bits per heavy atom. The van der Waals surface area contributed by atoms with Crippen molar-refractivity contribution in [2.75, 3.05) is 7.11 Å². The first-order valence-corrected chi connectivity index (χ1v) is 7.27. The molecule has 1 aromatic rings. The Hall–Kier alpha value is -0.963. The van der Waals surface area contributed by atoms with Crippen LogP contribution in [0.1, 0.15) is 50.3 Å². The van der Waals surface area contributed by atoms with Crippen LogP contribution < -0.4 is 0 Å². The lowest BCUT2D eigenvalue weighted by atomic mass is 10.0. The van der Waals surface area contributed by atoms with Crippen LogP contribution in [-0.2, 0) is 4.74 Å². The molecule has 0 amide bonds. The van der Waals surface area contributed by atoms with Crippen molar-refractivity contribution in [2.45, 2.75) is 39.5 Å². The molecule has 88 valence electrons. The summed E-state index contributed by atoms with van der Waals surface area (Å²) in [6.07, 6.45) is 0. The number of rotatable bonds is 3. The van der Waals surface area contributed by atoms with Gasteiger partial charge in [0.2, 0.25) is 0 Å². The fraction of sp³-hybridized carbons (Fsp3) is 0.538. The van der Waals surface area contributed by atoms with E-state index in [4.69, 9.17) is 4.74 Å². The van der Waals surface area contributed by atoms with Gasteiger partial charge in [-0.15, -0.1) is 0 Å². The lowest BCUT2D eigenvalue weighted by Gasteiger charge is -2.14. The van der Waals surface area contributed by atoms with Crippen molar-refractivity contribution < 1.29 is 9.53 Å². The normalized spacial score (nSPS) is 10.9. The summed E-state index contributed by atoms with van der Waals surface area (Å²) < 4.78 is 4.87. The van der Waals surface area contributed by atoms with Gasteiger partial charge in [0.15, 0.2) is 8.40 Å². The molecule has 0 aromatic carbocycles. The third-order valence-electron chi connectivity index (χ3n) is 2.77. The fourth-order valence-electron chi connectivity index (χ4n) is 1.71. The van der Waals surface area contributed by atoms with E-state index in [1.54, 1.807) is 0 Å². The van der Waals surface area contributed by atoms with Gasteiger partial charge in [-0.2, -0.15) is 0 Å². The molecule has 0 unspecified atom stereocenters. The molecule has 0 fully saturated rings. The topological polar surface area (TPSA) is 26.3 Å². The summed E-state index contributed by atoms with van der Waals surface area (Å²) in [5, 5.41) is 1.25. The first-order valence-electron chi connectivity index (χ1n) is 5.69. The largest absolute Gasteiger partial charge is 0.470 e. The van der Waals surface area contributed by atoms with Crippen molar-refractivity contribution in [1.82, 2.24) is 0 Å². The minimum Gasteiger partial charge on any atom is -0.470 e. The van der Waals surface area contributed by atoms with Crippen molar-refractivity contribution >= 4 is 14.0 Å². The molecule has 0 saturated carbocycles. The van der Waals surface area contributed by atoms with Crippen LogP contribution in [0, 0.1) is 0 Å². The number of hydrogen-bond donors (Lipinski definition) is 0. The second-order valence-electron chi connectivity index (χ2n) is 4.65. The highest BCUT2D eigenvalue weighted by Crippen LogP contribution is 2.20. The minimum atomic E-state index is -1.28. The average molecular weight is 236 g/mol. The van der Waals surface area contributed by atoms with Crippen LogP contribution >= 0.6 is 0 Å². The van der Waals surface area contributed by atoms with Gasteiger partial charge in [0.05, 0.1) is 7.11 Å². The van der Waals surface area contributed by atoms with Gasteiger partial charge in [0.1, 0.15) is 0 Å². The summed E-state index contributed by atoms with van der Waals surface area (Å²) in [4.78, 5) is 11.7. The van der Waals surface area contributed by atoms with Gasteiger partial charge in [0, 0.05) is 0 Å². The zero-order valence-corrected chi connectivity index (χ0v) is 11.7. The molecule has 0 N–H and O–H groups in total. The molecule has 0 spiro atoms. The number of carbonyl (C=O) groups is 1. The second kappa shape index (κ2) is 5.39. The Labute approximate surface area is 99.2 Å². The Bertz CT molecular complexity index is 384. The third kappa shape index (κ3) is 2.79. The Morgan fingerprint density at radius 2 is 1.88 bits per heavy atom. The van der Waals surface area contributed by atoms with E-state index in [1.165, 1.54) is 17.8 Å². The Kier molecular flexibility index (Phi) is 4.41. The highest BCUT2D eigenvalue weighted by Gasteiger charge is 2.16. The Balaban J connectivity index is 3.25. The van der Waals surface area contributed by atoms with E-state index < -0.39 is 8.40 Å². The summed E-state index contributed by atoms with van der Waals surface area (Å²) in [5.41, 5.74) is 3.30. The maximum absolute atomic E-state index is 11.7. The van der Waals surface area contributed by atoms with Gasteiger partial charge < -0.3 is 4.74 Å². The van der Waals surface area contributed by atoms with Gasteiger partial charge >= 0.3 is 0 Å². The van der Waals surface area contributed by atoms with Gasteiger partial charge in [-0.3, -0.25) is 4.79 Å². The van der Waals surface area contributed by atoms with Crippen LogP contribution in [0.4, 0.5) is 4.79 Å². The highest BCUT2D eigenvalue weighted by molar-refractivity contribution is 6.83. The second-order valence-corrected chi connectivity index (χ2v) is 6.79. The van der Waals surface area contributed by atoms with Crippen LogP contribution in [0.2, 0.25) is 0 Å². The average Bonchev–Trinajstić information content (AvgIpc) is 2.26. The minimum absolute atomic E-state index is 0.0657. The van der Waals surface area contributed by atoms with Gasteiger partial charge in [0.25, 0.3) is 5.59 Å². The van der Waals surface area contributed by atoms with Crippen LogP contribution in [0.15, 0.2) is 17.8 Å². The first kappa shape index (κ1) is 13.1. The summed E-state index contributed by atoms with van der Waals surface area (Å²) in [6, 6.07) is 4.28. The fourth-order valence-corrected chi connectivity index (χ4v) is 3.80. The molecule has 0 aliphatic heterocycles. The van der Waals surface area contributed by atoms with Crippen LogP contribution in [-0.4, -0.2) is 21.1 Å². The van der Waals surface area contributed by atoms with Gasteiger partial charge in [-0.25, -0.2) is 0 Å². The number of ether oxygens (including phenoxy) is 1. The molecule has 1 aromatic heterocycles. The van der Waals surface area contributed by atoms with Crippen molar-refractivity contribution in [3.63, 3.8) is 0 Å². The molecular weight excluding hydrogens is 216 g/mol. The van der Waals surface area contributed by atoms with E-state index in [1.807, 2.05) is 0 Å². The van der Waals surface area contributed by atoms with E-state index in [2.05, 4.69) is 45.5 Å². The monoisotopic (exact) mass is 236 g/mol. The standard InChI is InChI=1S/C13H20O2Si/c1-9(2)11-6-7-16(13(14)15-5)12(8-11)10(3)4/h6-10H,1-5H3. The maximum Gasteiger partial charge on any atom is 0.297 e. The predicted molar refractivity (Wildman–Crippen MR) is 68.4 cm³/mol. The molecule has 1 heterocycles. The molecule has 0 atom stereocenters. The molecule has 0 aliphatic carbocycles. The summed E-state index contributed by atoms with van der Waals surface area (Å²) in [5.74, 6) is 0.915. The Morgan fingerprint density at radius 3 is 2.31 bits per heavy atom. The van der Waals surface area contributed by atoms with E-state index in [9.17, 15) is 4.79 Å². The quantitative estimate of drug-likeness (QED) is 0.750. The number of methoxy groups -OCH3 is 1. The van der Waals surface area contributed by atoms with Crippen LogP contribution in [0.5, 0.6) is 0 Å². The lowest BCUT2D eigenvalue weighted by Crippen LogP contribution is -2.19. The summed E-state index contributed by atoms with van der Waals surface area (Å²) in [7, 11) is 0.184. The predicted octanol–water partition coefficient (Wildman–Crippen LogP) is 3.57. The smallest absolute Gasteiger partial charge is 0.297 e. The summed E-state index contributed by atoms with van der Waals surface area (Å²) >= 11 is 0. The van der Waals surface area contributed by atoms with Gasteiger partial charge in [-0.05, 0) is 17.4 Å². The molecular formula is C13H20O2Si. The first-order chi connectivity index (χ1) is 7.47.